The predicted octanol–water partition coefficient (Wildman–Crippen LogP) is 1.97. The first kappa shape index (κ1) is 32.0. The summed E-state index contributed by atoms with van der Waals surface area (Å²) in [6, 6.07) is 0. The van der Waals surface area contributed by atoms with Gasteiger partial charge in [0, 0.05) is 6.54 Å². The summed E-state index contributed by atoms with van der Waals surface area (Å²) < 4.78 is 27.3. The van der Waals surface area contributed by atoms with E-state index in [0.717, 1.165) is 6.42 Å². The molecular formula is C20H40NNaO4S. The van der Waals surface area contributed by atoms with Crippen LogP contribution < -0.4 is 35.3 Å². The Balaban J connectivity index is -0.000000612. The van der Waals surface area contributed by atoms with Gasteiger partial charge in [0.15, 0.2) is 0 Å². The fourth-order valence-corrected chi connectivity index (χ4v) is 2.71. The first-order valence-corrected chi connectivity index (χ1v) is 11.7. The summed E-state index contributed by atoms with van der Waals surface area (Å²) >= 11 is 0. The van der Waals surface area contributed by atoms with E-state index in [-0.39, 0.29) is 41.9 Å². The SMILES string of the molecule is CCCCCCCC/C=C\CCCCCCC[C-]=O.NCCS(=O)(=O)O.[Na+]. The molecule has 0 unspecified atom stereocenters. The van der Waals surface area contributed by atoms with Crippen LogP contribution in [-0.4, -0.2) is 31.6 Å². The summed E-state index contributed by atoms with van der Waals surface area (Å²) in [5.74, 6) is -0.354. The molecule has 0 saturated heterocycles. The molecule has 0 aromatic rings. The van der Waals surface area contributed by atoms with E-state index in [1.54, 1.807) is 0 Å². The molecule has 0 aliphatic heterocycles. The Hall–Kier alpha value is 0.280. The number of allylic oxidation sites excluding steroid dienone is 2. The van der Waals surface area contributed by atoms with E-state index in [2.05, 4.69) is 19.1 Å². The molecule has 0 saturated carbocycles. The van der Waals surface area contributed by atoms with E-state index in [0.29, 0.717) is 6.42 Å². The molecule has 0 atom stereocenters. The summed E-state index contributed by atoms with van der Waals surface area (Å²) in [5.41, 5.74) is 4.78. The summed E-state index contributed by atoms with van der Waals surface area (Å²) in [4.78, 5) is 10.0. The van der Waals surface area contributed by atoms with E-state index in [9.17, 15) is 13.2 Å². The second-order valence-corrected chi connectivity index (χ2v) is 8.13. The van der Waals surface area contributed by atoms with Gasteiger partial charge in [-0.25, -0.2) is 0 Å². The minimum Gasteiger partial charge on any atom is -0.542 e. The molecule has 0 bridgehead atoms. The zero-order valence-electron chi connectivity index (χ0n) is 17.6. The van der Waals surface area contributed by atoms with Crippen molar-refractivity contribution in [1.29, 1.82) is 0 Å². The number of unbranched alkanes of at least 4 members (excludes halogenated alkanes) is 12. The van der Waals surface area contributed by atoms with Gasteiger partial charge in [-0.1, -0.05) is 76.9 Å². The number of rotatable bonds is 17. The van der Waals surface area contributed by atoms with Crippen LogP contribution in [0.1, 0.15) is 96.8 Å². The van der Waals surface area contributed by atoms with Crippen LogP contribution in [0.5, 0.6) is 0 Å². The molecule has 0 fully saturated rings. The Morgan fingerprint density at radius 1 is 0.852 bits per heavy atom. The fraction of sp³-hybridized carbons (Fsp3) is 0.850. The van der Waals surface area contributed by atoms with Crippen LogP contribution in [0.25, 0.3) is 0 Å². The second-order valence-electron chi connectivity index (χ2n) is 6.55. The van der Waals surface area contributed by atoms with Gasteiger partial charge in [0.05, 0.1) is 5.75 Å². The van der Waals surface area contributed by atoms with Crippen LogP contribution in [-0.2, 0) is 14.9 Å². The monoisotopic (exact) mass is 413 g/mol. The van der Waals surface area contributed by atoms with Gasteiger partial charge in [0.2, 0.25) is 0 Å². The molecule has 0 rings (SSSR count). The van der Waals surface area contributed by atoms with Crippen LogP contribution >= 0.6 is 0 Å². The van der Waals surface area contributed by atoms with Crippen molar-refractivity contribution in [1.82, 2.24) is 0 Å². The summed E-state index contributed by atoms with van der Waals surface area (Å²) in [6.45, 7) is 2.24. The molecule has 156 valence electrons. The van der Waals surface area contributed by atoms with E-state index in [4.69, 9.17) is 10.3 Å². The molecule has 27 heavy (non-hydrogen) atoms. The van der Waals surface area contributed by atoms with E-state index >= 15 is 0 Å². The van der Waals surface area contributed by atoms with Crippen LogP contribution in [0, 0.1) is 0 Å². The Morgan fingerprint density at radius 2 is 1.30 bits per heavy atom. The first-order chi connectivity index (χ1) is 12.5. The van der Waals surface area contributed by atoms with Crippen LogP contribution in [0.3, 0.4) is 0 Å². The first-order valence-electron chi connectivity index (χ1n) is 10.1. The molecule has 5 nitrogen and oxygen atoms in total. The zero-order chi connectivity index (χ0) is 19.9. The number of carbonyl (C=O) groups excluding carboxylic acids is 1. The largest absolute Gasteiger partial charge is 1.00 e. The minimum absolute atomic E-state index is 0. The van der Waals surface area contributed by atoms with Crippen LogP contribution in [0.4, 0.5) is 0 Å². The molecule has 0 aliphatic rings. The maximum atomic E-state index is 10.0. The van der Waals surface area contributed by atoms with Crippen LogP contribution in [0.2, 0.25) is 0 Å². The van der Waals surface area contributed by atoms with Crippen molar-refractivity contribution < 1.29 is 47.3 Å². The fourth-order valence-electron chi connectivity index (χ4n) is 2.42. The maximum absolute atomic E-state index is 10.0. The molecule has 7 heteroatoms. The molecule has 0 heterocycles. The summed E-state index contributed by atoms with van der Waals surface area (Å²) in [6.07, 6.45) is 24.2. The number of nitrogens with two attached hydrogens (primary N) is 1. The maximum Gasteiger partial charge on any atom is 1.00 e. The van der Waals surface area contributed by atoms with Gasteiger partial charge < -0.3 is 10.5 Å². The third-order valence-corrected chi connectivity index (χ3v) is 4.67. The molecule has 0 spiro atoms. The van der Waals surface area contributed by atoms with Gasteiger partial charge in [0.25, 0.3) is 10.1 Å². The molecular weight excluding hydrogens is 373 g/mol. The molecule has 0 aliphatic carbocycles. The quantitative estimate of drug-likeness (QED) is 0.125. The third-order valence-electron chi connectivity index (χ3n) is 3.92. The molecule has 0 amide bonds. The summed E-state index contributed by atoms with van der Waals surface area (Å²) in [5, 5.41) is 0. The normalized spacial score (nSPS) is 10.9. The van der Waals surface area contributed by atoms with Crippen LogP contribution in [0.15, 0.2) is 12.2 Å². The van der Waals surface area contributed by atoms with Gasteiger partial charge in [-0.3, -0.25) is 10.8 Å². The summed E-state index contributed by atoms with van der Waals surface area (Å²) in [7, 11) is -3.80. The Bertz CT molecular complexity index is 414. The number of hydrogen-bond acceptors (Lipinski definition) is 4. The molecule has 3 N–H and O–H groups in total. The second kappa shape index (κ2) is 26.3. The van der Waals surface area contributed by atoms with Crippen molar-refractivity contribution in [2.24, 2.45) is 5.73 Å². The van der Waals surface area contributed by atoms with Crippen molar-refractivity contribution in [2.75, 3.05) is 12.3 Å². The Kier molecular flexibility index (Phi) is 31.1. The van der Waals surface area contributed by atoms with E-state index in [1.165, 1.54) is 77.0 Å². The number of hydrogen-bond donors (Lipinski definition) is 2. The Labute approximate surface area is 190 Å². The van der Waals surface area contributed by atoms with Gasteiger partial charge in [-0.05, 0) is 25.7 Å². The average Bonchev–Trinajstić information content (AvgIpc) is 2.58. The predicted molar refractivity (Wildman–Crippen MR) is 111 cm³/mol. The van der Waals surface area contributed by atoms with Gasteiger partial charge in [-0.15, -0.1) is 0 Å². The molecule has 0 aromatic carbocycles. The van der Waals surface area contributed by atoms with Crippen molar-refractivity contribution in [2.45, 2.75) is 96.8 Å². The van der Waals surface area contributed by atoms with Crippen molar-refractivity contribution in [3.63, 3.8) is 0 Å². The van der Waals surface area contributed by atoms with Crippen molar-refractivity contribution >= 4 is 16.4 Å². The average molecular weight is 414 g/mol. The molecule has 0 aromatic heterocycles. The van der Waals surface area contributed by atoms with Gasteiger partial charge in [-0.2, -0.15) is 14.8 Å². The van der Waals surface area contributed by atoms with E-state index in [1.807, 2.05) is 6.29 Å². The zero-order valence-corrected chi connectivity index (χ0v) is 20.4. The minimum atomic E-state index is -3.80. The van der Waals surface area contributed by atoms with Crippen molar-refractivity contribution in [3.05, 3.63) is 12.2 Å². The molecule has 0 radical (unpaired) electrons. The smallest absolute Gasteiger partial charge is 0.542 e. The topological polar surface area (TPSA) is 97.5 Å². The van der Waals surface area contributed by atoms with Gasteiger partial charge >= 0.3 is 29.6 Å². The third kappa shape index (κ3) is 37.7. The van der Waals surface area contributed by atoms with Crippen molar-refractivity contribution in [3.8, 4) is 0 Å². The standard InChI is InChI=1S/C18H33O.C2H7NO3S.Na/c1-2-3-4-5-6-7-8-9-10-11-12-13-14-15-16-17-18-19;3-1-2-7(4,5)6;/h9-10H,2-8,11-17H2,1H3;1-3H2,(H,4,5,6);/q-1;;+1/b10-9-;;. The van der Waals surface area contributed by atoms with Gasteiger partial charge in [0.1, 0.15) is 0 Å². The van der Waals surface area contributed by atoms with E-state index < -0.39 is 10.1 Å². The Morgan fingerprint density at radius 3 is 1.67 bits per heavy atom.